The van der Waals surface area contributed by atoms with Crippen LogP contribution in [0.25, 0.3) is 0 Å². The first-order valence-electron chi connectivity index (χ1n) is 8.03. The Morgan fingerprint density at radius 2 is 1.84 bits per heavy atom. The van der Waals surface area contributed by atoms with E-state index in [9.17, 15) is 0 Å². The highest BCUT2D eigenvalue weighted by Crippen LogP contribution is 2.34. The lowest BCUT2D eigenvalue weighted by Gasteiger charge is -2.18. The van der Waals surface area contributed by atoms with E-state index in [1.165, 1.54) is 49.8 Å². The van der Waals surface area contributed by atoms with Crippen LogP contribution < -0.4 is 5.32 Å². The molecule has 0 saturated heterocycles. The van der Waals surface area contributed by atoms with Crippen LogP contribution in [0.4, 0.5) is 0 Å². The van der Waals surface area contributed by atoms with Gasteiger partial charge in [0.25, 0.3) is 0 Å². The second-order valence-corrected chi connectivity index (χ2v) is 6.33. The lowest BCUT2D eigenvalue weighted by molar-refractivity contribution is 0.436. The van der Waals surface area contributed by atoms with Gasteiger partial charge in [-0.25, -0.2) is 0 Å². The summed E-state index contributed by atoms with van der Waals surface area (Å²) in [5.41, 5.74) is 2.94. The first-order chi connectivity index (χ1) is 9.20. The van der Waals surface area contributed by atoms with E-state index in [1.807, 2.05) is 0 Å². The van der Waals surface area contributed by atoms with Gasteiger partial charge in [0.15, 0.2) is 0 Å². The Labute approximate surface area is 118 Å². The second-order valence-electron chi connectivity index (χ2n) is 6.33. The van der Waals surface area contributed by atoms with E-state index < -0.39 is 0 Å². The van der Waals surface area contributed by atoms with Gasteiger partial charge in [0.1, 0.15) is 0 Å². The standard InChI is InChI=1S/C18H29N/c1-4-13-19-18(17-10-11-17)12-7-15-5-8-16(9-6-15)14(2)3/h5-6,8-9,14,17-19H,4,7,10-13H2,1-3H3. The third-order valence-electron chi connectivity index (χ3n) is 4.24. The maximum absolute atomic E-state index is 3.73. The normalized spacial score (nSPS) is 16.8. The minimum atomic E-state index is 0.638. The van der Waals surface area contributed by atoms with Crippen LogP contribution >= 0.6 is 0 Å². The van der Waals surface area contributed by atoms with Gasteiger partial charge in [-0.3, -0.25) is 0 Å². The average Bonchev–Trinajstić information content (AvgIpc) is 3.24. The van der Waals surface area contributed by atoms with E-state index in [0.717, 1.165) is 12.0 Å². The number of nitrogens with one attached hydrogen (secondary N) is 1. The van der Waals surface area contributed by atoms with Crippen LogP contribution in [0, 0.1) is 5.92 Å². The molecule has 0 radical (unpaired) electrons. The molecule has 1 heteroatoms. The summed E-state index contributed by atoms with van der Waals surface area (Å²) in [7, 11) is 0. The van der Waals surface area contributed by atoms with E-state index in [-0.39, 0.29) is 0 Å². The molecule has 1 unspecified atom stereocenters. The molecule has 106 valence electrons. The van der Waals surface area contributed by atoms with Crippen molar-refractivity contribution in [2.24, 2.45) is 5.92 Å². The van der Waals surface area contributed by atoms with Crippen molar-refractivity contribution >= 4 is 0 Å². The maximum atomic E-state index is 3.73. The Morgan fingerprint density at radius 3 is 2.37 bits per heavy atom. The lowest BCUT2D eigenvalue weighted by Crippen LogP contribution is -2.32. The molecule has 1 fully saturated rings. The monoisotopic (exact) mass is 259 g/mol. The smallest absolute Gasteiger partial charge is 0.00984 e. The molecule has 0 heterocycles. The van der Waals surface area contributed by atoms with Crippen LogP contribution in [0.3, 0.4) is 0 Å². The van der Waals surface area contributed by atoms with Gasteiger partial charge in [-0.2, -0.15) is 0 Å². The molecule has 1 atom stereocenters. The van der Waals surface area contributed by atoms with Crippen molar-refractivity contribution in [2.75, 3.05) is 6.54 Å². The predicted molar refractivity (Wildman–Crippen MR) is 83.7 cm³/mol. The Hall–Kier alpha value is -0.820. The maximum Gasteiger partial charge on any atom is 0.00984 e. The van der Waals surface area contributed by atoms with Crippen molar-refractivity contribution in [3.8, 4) is 0 Å². The molecule has 1 nitrogen and oxygen atoms in total. The zero-order chi connectivity index (χ0) is 13.7. The minimum absolute atomic E-state index is 0.638. The highest BCUT2D eigenvalue weighted by molar-refractivity contribution is 5.24. The number of aryl methyl sites for hydroxylation is 1. The van der Waals surface area contributed by atoms with Crippen molar-refractivity contribution in [3.05, 3.63) is 35.4 Å². The van der Waals surface area contributed by atoms with Gasteiger partial charge in [0.2, 0.25) is 0 Å². The molecule has 1 aromatic rings. The Morgan fingerprint density at radius 1 is 1.16 bits per heavy atom. The van der Waals surface area contributed by atoms with E-state index in [0.29, 0.717) is 5.92 Å². The molecule has 19 heavy (non-hydrogen) atoms. The zero-order valence-electron chi connectivity index (χ0n) is 12.8. The molecule has 0 aliphatic heterocycles. The summed E-state index contributed by atoms with van der Waals surface area (Å²) < 4.78 is 0. The SMILES string of the molecule is CCCNC(CCc1ccc(C(C)C)cc1)C1CC1. The van der Waals surface area contributed by atoms with E-state index in [4.69, 9.17) is 0 Å². The molecular formula is C18H29N. The van der Waals surface area contributed by atoms with Gasteiger partial charge in [0.05, 0.1) is 0 Å². The van der Waals surface area contributed by atoms with Gasteiger partial charge in [-0.1, -0.05) is 45.0 Å². The molecular weight excluding hydrogens is 230 g/mol. The Bertz CT molecular complexity index is 362. The summed E-state index contributed by atoms with van der Waals surface area (Å²) in [6.07, 6.45) is 6.63. The Kier molecular flexibility index (Phi) is 5.45. The molecule has 1 aliphatic carbocycles. The lowest BCUT2D eigenvalue weighted by atomic mass is 9.98. The quantitative estimate of drug-likeness (QED) is 0.723. The van der Waals surface area contributed by atoms with Crippen molar-refractivity contribution < 1.29 is 0 Å². The molecule has 1 aromatic carbocycles. The summed E-state index contributed by atoms with van der Waals surface area (Å²) in [5.74, 6) is 1.60. The molecule has 1 N–H and O–H groups in total. The number of hydrogen-bond donors (Lipinski definition) is 1. The third kappa shape index (κ3) is 4.65. The number of hydrogen-bond acceptors (Lipinski definition) is 1. The molecule has 2 rings (SSSR count). The van der Waals surface area contributed by atoms with Crippen LogP contribution in [-0.4, -0.2) is 12.6 Å². The summed E-state index contributed by atoms with van der Waals surface area (Å²) in [4.78, 5) is 0. The van der Waals surface area contributed by atoms with Gasteiger partial charge in [-0.05, 0) is 61.6 Å². The fraction of sp³-hybridized carbons (Fsp3) is 0.667. The molecule has 0 bridgehead atoms. The highest BCUT2D eigenvalue weighted by Gasteiger charge is 2.30. The Balaban J connectivity index is 1.82. The molecule has 0 amide bonds. The summed E-state index contributed by atoms with van der Waals surface area (Å²) in [6.45, 7) is 7.94. The van der Waals surface area contributed by atoms with Crippen LogP contribution in [0.1, 0.15) is 63.5 Å². The fourth-order valence-corrected chi connectivity index (χ4v) is 2.72. The minimum Gasteiger partial charge on any atom is -0.314 e. The molecule has 1 saturated carbocycles. The summed E-state index contributed by atoms with van der Waals surface area (Å²) in [6, 6.07) is 9.99. The van der Waals surface area contributed by atoms with Gasteiger partial charge < -0.3 is 5.32 Å². The van der Waals surface area contributed by atoms with Crippen molar-refractivity contribution in [3.63, 3.8) is 0 Å². The highest BCUT2D eigenvalue weighted by atomic mass is 14.9. The first-order valence-corrected chi connectivity index (χ1v) is 8.03. The van der Waals surface area contributed by atoms with Crippen molar-refractivity contribution in [1.29, 1.82) is 0 Å². The van der Waals surface area contributed by atoms with Crippen LogP contribution in [0.15, 0.2) is 24.3 Å². The van der Waals surface area contributed by atoms with Crippen molar-refractivity contribution in [2.45, 2.75) is 64.8 Å². The molecule has 0 aromatic heterocycles. The predicted octanol–water partition coefficient (Wildman–Crippen LogP) is 4.52. The van der Waals surface area contributed by atoms with E-state index in [1.54, 1.807) is 0 Å². The van der Waals surface area contributed by atoms with Gasteiger partial charge >= 0.3 is 0 Å². The average molecular weight is 259 g/mol. The van der Waals surface area contributed by atoms with Crippen LogP contribution in [0.2, 0.25) is 0 Å². The third-order valence-corrected chi connectivity index (χ3v) is 4.24. The molecule has 0 spiro atoms. The largest absolute Gasteiger partial charge is 0.314 e. The fourth-order valence-electron chi connectivity index (χ4n) is 2.72. The van der Waals surface area contributed by atoms with E-state index >= 15 is 0 Å². The van der Waals surface area contributed by atoms with Crippen molar-refractivity contribution in [1.82, 2.24) is 5.32 Å². The van der Waals surface area contributed by atoms with Crippen LogP contribution in [0.5, 0.6) is 0 Å². The topological polar surface area (TPSA) is 12.0 Å². The molecule has 1 aliphatic rings. The van der Waals surface area contributed by atoms with Gasteiger partial charge in [0, 0.05) is 6.04 Å². The summed E-state index contributed by atoms with van der Waals surface area (Å²) in [5, 5.41) is 3.73. The summed E-state index contributed by atoms with van der Waals surface area (Å²) >= 11 is 0. The number of benzene rings is 1. The number of rotatable bonds is 8. The first kappa shape index (κ1) is 14.6. The van der Waals surface area contributed by atoms with Crippen LogP contribution in [-0.2, 0) is 6.42 Å². The van der Waals surface area contributed by atoms with Gasteiger partial charge in [-0.15, -0.1) is 0 Å². The second kappa shape index (κ2) is 7.09. The zero-order valence-corrected chi connectivity index (χ0v) is 12.8. The van der Waals surface area contributed by atoms with E-state index in [2.05, 4.69) is 50.4 Å².